The van der Waals surface area contributed by atoms with Gasteiger partial charge >= 0.3 is 0 Å². The van der Waals surface area contributed by atoms with Crippen LogP contribution in [0.5, 0.6) is 0 Å². The Bertz CT molecular complexity index is 911. The van der Waals surface area contributed by atoms with Crippen LogP contribution in [0, 0.1) is 6.92 Å². The lowest BCUT2D eigenvalue weighted by molar-refractivity contribution is -0.115. The van der Waals surface area contributed by atoms with Gasteiger partial charge in [-0.15, -0.1) is 11.3 Å². The molecule has 2 aromatic heterocycles. The Labute approximate surface area is 167 Å². The van der Waals surface area contributed by atoms with E-state index in [0.717, 1.165) is 28.8 Å². The minimum atomic E-state index is -0.597. The predicted octanol–water partition coefficient (Wildman–Crippen LogP) is 2.52. The molecule has 1 atom stereocenters. The summed E-state index contributed by atoms with van der Waals surface area (Å²) in [5, 5.41) is 8.84. The molecular formula is C20H22N4O3S. The van der Waals surface area contributed by atoms with Gasteiger partial charge in [-0.1, -0.05) is 11.2 Å². The van der Waals surface area contributed by atoms with E-state index in [0.29, 0.717) is 31.8 Å². The average Bonchev–Trinajstić information content (AvgIpc) is 3.33. The largest absolute Gasteiger partial charge is 0.386 e. The highest BCUT2D eigenvalue weighted by atomic mass is 32.1. The first-order valence-electron chi connectivity index (χ1n) is 9.32. The first-order chi connectivity index (χ1) is 13.6. The van der Waals surface area contributed by atoms with E-state index in [9.17, 15) is 9.59 Å². The average molecular weight is 398 g/mol. The molecule has 1 fully saturated rings. The highest BCUT2D eigenvalue weighted by Gasteiger charge is 2.45. The Morgan fingerprint density at radius 1 is 1.39 bits per heavy atom. The first-order valence-corrected chi connectivity index (χ1v) is 10.2. The number of amides is 2. The van der Waals surface area contributed by atoms with Gasteiger partial charge in [-0.25, -0.2) is 0 Å². The van der Waals surface area contributed by atoms with Crippen molar-refractivity contribution in [2.45, 2.75) is 38.3 Å². The van der Waals surface area contributed by atoms with Crippen molar-refractivity contribution >= 4 is 28.9 Å². The van der Waals surface area contributed by atoms with Gasteiger partial charge in [0.05, 0.1) is 11.4 Å². The molecule has 1 N–H and O–H groups in total. The number of rotatable bonds is 4. The molecule has 0 bridgehead atoms. The van der Waals surface area contributed by atoms with Crippen LogP contribution in [0.1, 0.15) is 40.1 Å². The van der Waals surface area contributed by atoms with E-state index in [1.54, 1.807) is 12.4 Å². The maximum absolute atomic E-state index is 12.9. The van der Waals surface area contributed by atoms with Crippen LogP contribution in [0.15, 0.2) is 41.1 Å². The fraction of sp³-hybridized carbons (Fsp3) is 0.400. The number of piperidine rings is 1. The second kappa shape index (κ2) is 7.71. The second-order valence-corrected chi connectivity index (χ2v) is 8.21. The lowest BCUT2D eigenvalue weighted by Crippen LogP contribution is -2.51. The molecular weight excluding hydrogens is 376 g/mol. The van der Waals surface area contributed by atoms with Gasteiger partial charge in [-0.3, -0.25) is 14.6 Å². The van der Waals surface area contributed by atoms with E-state index in [2.05, 4.69) is 15.5 Å². The first kappa shape index (κ1) is 18.6. The molecule has 0 aromatic carbocycles. The van der Waals surface area contributed by atoms with Gasteiger partial charge in [0.25, 0.3) is 11.8 Å². The number of carbonyl (C=O) groups excluding carboxylic acids is 2. The van der Waals surface area contributed by atoms with Crippen LogP contribution in [-0.2, 0) is 16.2 Å². The zero-order chi connectivity index (χ0) is 19.6. The number of pyridine rings is 1. The van der Waals surface area contributed by atoms with Crippen molar-refractivity contribution in [1.29, 1.82) is 0 Å². The van der Waals surface area contributed by atoms with Crippen molar-refractivity contribution in [3.8, 4) is 0 Å². The van der Waals surface area contributed by atoms with E-state index < -0.39 is 5.60 Å². The van der Waals surface area contributed by atoms with E-state index in [1.165, 1.54) is 11.3 Å². The number of hydrogen-bond donors (Lipinski definition) is 1. The summed E-state index contributed by atoms with van der Waals surface area (Å²) < 4.78 is 0. The minimum Gasteiger partial charge on any atom is -0.386 e. The third-order valence-electron chi connectivity index (χ3n) is 5.16. The van der Waals surface area contributed by atoms with Crippen LogP contribution < -0.4 is 5.32 Å². The number of aromatic nitrogens is 1. The molecule has 146 valence electrons. The molecule has 1 spiro atoms. The molecule has 0 unspecified atom stereocenters. The highest BCUT2D eigenvalue weighted by Crippen LogP contribution is 2.34. The van der Waals surface area contributed by atoms with Crippen LogP contribution >= 0.6 is 11.3 Å². The minimum absolute atomic E-state index is 0.0321. The monoisotopic (exact) mass is 398 g/mol. The summed E-state index contributed by atoms with van der Waals surface area (Å²) in [4.78, 5) is 37.7. The van der Waals surface area contributed by atoms with Crippen LogP contribution in [0.25, 0.3) is 0 Å². The molecule has 7 nitrogen and oxygen atoms in total. The van der Waals surface area contributed by atoms with Crippen molar-refractivity contribution in [3.05, 3.63) is 52.0 Å². The van der Waals surface area contributed by atoms with Crippen LogP contribution in [0.3, 0.4) is 0 Å². The molecule has 2 aromatic rings. The Morgan fingerprint density at radius 2 is 2.29 bits per heavy atom. The smallest absolute Gasteiger partial charge is 0.269 e. The fourth-order valence-corrected chi connectivity index (χ4v) is 4.55. The second-order valence-electron chi connectivity index (χ2n) is 7.30. The van der Waals surface area contributed by atoms with Crippen molar-refractivity contribution in [2.24, 2.45) is 5.16 Å². The summed E-state index contributed by atoms with van der Waals surface area (Å²) in [6, 6.07) is 5.69. The summed E-state index contributed by atoms with van der Waals surface area (Å²) in [5.41, 5.74) is 1.70. The lowest BCUT2D eigenvalue weighted by Gasteiger charge is -2.38. The Morgan fingerprint density at radius 3 is 3.04 bits per heavy atom. The van der Waals surface area contributed by atoms with Gasteiger partial charge in [0, 0.05) is 31.9 Å². The molecule has 2 aliphatic heterocycles. The maximum atomic E-state index is 12.9. The van der Waals surface area contributed by atoms with Crippen molar-refractivity contribution < 1.29 is 14.4 Å². The quantitative estimate of drug-likeness (QED) is 0.858. The molecule has 4 heterocycles. The van der Waals surface area contributed by atoms with Crippen molar-refractivity contribution in [3.63, 3.8) is 0 Å². The summed E-state index contributed by atoms with van der Waals surface area (Å²) in [7, 11) is 0. The Kier molecular flexibility index (Phi) is 5.13. The number of thiophene rings is 1. The Hall–Kier alpha value is -2.74. The molecule has 2 amide bonds. The van der Waals surface area contributed by atoms with Gasteiger partial charge in [0.15, 0.2) is 5.60 Å². The number of carbonyl (C=O) groups is 2. The fourth-order valence-electron chi connectivity index (χ4n) is 3.66. The molecule has 8 heteroatoms. The number of nitrogens with one attached hydrogen (secondary N) is 1. The topological polar surface area (TPSA) is 83.9 Å². The van der Waals surface area contributed by atoms with E-state index in [4.69, 9.17) is 4.84 Å². The molecule has 1 saturated heterocycles. The summed E-state index contributed by atoms with van der Waals surface area (Å²) in [6.45, 7) is 3.49. The third kappa shape index (κ3) is 3.77. The summed E-state index contributed by atoms with van der Waals surface area (Å²) >= 11 is 1.46. The van der Waals surface area contributed by atoms with Gasteiger partial charge in [-0.2, -0.15) is 0 Å². The summed E-state index contributed by atoms with van der Waals surface area (Å²) in [6.07, 6.45) is 5.43. The maximum Gasteiger partial charge on any atom is 0.269 e. The lowest BCUT2D eigenvalue weighted by atomic mass is 9.88. The van der Waals surface area contributed by atoms with Crippen molar-refractivity contribution in [2.75, 3.05) is 13.1 Å². The number of hydrogen-bond acceptors (Lipinski definition) is 6. The Balaban J connectivity index is 1.37. The molecule has 2 aliphatic rings. The zero-order valence-electron chi connectivity index (χ0n) is 15.7. The highest BCUT2D eigenvalue weighted by molar-refractivity contribution is 7.12. The van der Waals surface area contributed by atoms with Gasteiger partial charge in [0.2, 0.25) is 0 Å². The molecule has 0 saturated carbocycles. The van der Waals surface area contributed by atoms with Gasteiger partial charge < -0.3 is 15.1 Å². The molecule has 0 radical (unpaired) electrons. The normalized spacial score (nSPS) is 21.3. The van der Waals surface area contributed by atoms with Crippen LogP contribution in [0.2, 0.25) is 0 Å². The number of nitrogens with zero attached hydrogens (tertiary/aromatic N) is 3. The molecule has 4 rings (SSSR count). The number of likely N-dealkylation sites (tertiary alicyclic amines) is 1. The summed E-state index contributed by atoms with van der Waals surface area (Å²) in [5.74, 6) is -0.206. The van der Waals surface area contributed by atoms with Crippen LogP contribution in [-0.4, -0.2) is 46.1 Å². The zero-order valence-corrected chi connectivity index (χ0v) is 16.5. The van der Waals surface area contributed by atoms with E-state index in [-0.39, 0.29) is 11.8 Å². The van der Waals surface area contributed by atoms with Gasteiger partial charge in [-0.05, 0) is 48.4 Å². The third-order valence-corrected chi connectivity index (χ3v) is 6.16. The standard InChI is InChI=1S/C20H22N4O3S/c1-14-5-9-28-17(14)19(26)24-8-3-6-20(13-24)10-16(23-27-20)18(25)22-12-15-4-2-7-21-11-15/h2,4-5,7,9,11H,3,6,8,10,12-13H2,1H3,(H,22,25)/t20-/m1/s1. The van der Waals surface area contributed by atoms with Crippen LogP contribution in [0.4, 0.5) is 0 Å². The number of aryl methyl sites for hydroxylation is 1. The number of oxime groups is 1. The SMILES string of the molecule is Cc1ccsc1C(=O)N1CCC[C@@]2(CC(C(=O)NCc3cccnc3)=NO2)C1. The molecule has 0 aliphatic carbocycles. The van der Waals surface area contributed by atoms with Crippen molar-refractivity contribution in [1.82, 2.24) is 15.2 Å². The predicted molar refractivity (Wildman–Crippen MR) is 106 cm³/mol. The molecule has 28 heavy (non-hydrogen) atoms. The van der Waals surface area contributed by atoms with Gasteiger partial charge in [0.1, 0.15) is 5.71 Å². The van der Waals surface area contributed by atoms with E-state index in [1.807, 2.05) is 35.4 Å². The van der Waals surface area contributed by atoms with E-state index >= 15 is 0 Å².